The first kappa shape index (κ1) is 16.8. The fourth-order valence-electron chi connectivity index (χ4n) is 3.11. The second kappa shape index (κ2) is 6.95. The van der Waals surface area contributed by atoms with Gasteiger partial charge < -0.3 is 14.2 Å². The van der Waals surface area contributed by atoms with Crippen molar-refractivity contribution in [1.29, 1.82) is 0 Å². The zero-order valence-corrected chi connectivity index (χ0v) is 14.6. The summed E-state index contributed by atoms with van der Waals surface area (Å²) in [5.74, 6) is 0.576. The maximum atomic E-state index is 12.9. The molecule has 2 N–H and O–H groups in total. The van der Waals surface area contributed by atoms with E-state index in [-0.39, 0.29) is 23.6 Å². The lowest BCUT2D eigenvalue weighted by molar-refractivity contribution is -0.491. The molecule has 1 aromatic carbocycles. The molecule has 1 aliphatic rings. The van der Waals surface area contributed by atoms with Gasteiger partial charge in [0.25, 0.3) is 0 Å². The lowest BCUT2D eigenvalue weighted by atomic mass is 10.0. The van der Waals surface area contributed by atoms with Crippen LogP contribution in [0.4, 0.5) is 5.69 Å². The first-order valence-electron chi connectivity index (χ1n) is 8.53. The predicted octanol–water partition coefficient (Wildman–Crippen LogP) is 3.12. The average Bonchev–Trinajstić information content (AvgIpc) is 3.41. The number of furan rings is 2. The number of benzene rings is 1. The topological polar surface area (TPSA) is 87.5 Å². The summed E-state index contributed by atoms with van der Waals surface area (Å²) in [5.41, 5.74) is 5.56. The SMILES string of the molecule is CC(=O)Nc1ccc(C2=[N+](C(=O)c3ccco3)NC(c3ccco3)C2)cc1. The molecule has 0 aliphatic carbocycles. The van der Waals surface area contributed by atoms with Crippen molar-refractivity contribution >= 4 is 23.2 Å². The van der Waals surface area contributed by atoms with Gasteiger partial charge in [0.1, 0.15) is 11.8 Å². The molecule has 136 valence electrons. The van der Waals surface area contributed by atoms with Gasteiger partial charge in [-0.05, 0) is 53.2 Å². The Bertz CT molecular complexity index is 987. The van der Waals surface area contributed by atoms with Gasteiger partial charge in [-0.3, -0.25) is 4.79 Å². The summed E-state index contributed by atoms with van der Waals surface area (Å²) in [6, 6.07) is 14.2. The molecule has 1 unspecified atom stereocenters. The van der Waals surface area contributed by atoms with E-state index in [1.807, 2.05) is 24.3 Å². The summed E-state index contributed by atoms with van der Waals surface area (Å²) in [6.07, 6.45) is 3.64. The molecule has 0 saturated heterocycles. The van der Waals surface area contributed by atoms with Gasteiger partial charge in [0.2, 0.25) is 17.4 Å². The molecule has 0 fully saturated rings. The van der Waals surface area contributed by atoms with Crippen molar-refractivity contribution in [2.24, 2.45) is 0 Å². The summed E-state index contributed by atoms with van der Waals surface area (Å²) in [5, 5.41) is 2.74. The average molecular weight is 364 g/mol. The standard InChI is InChI=1S/C20H17N3O4/c1-13(24)21-15-8-6-14(7-9-15)17-12-16(18-4-2-10-26-18)22-23(17)20(25)19-5-3-11-27-19/h2-11,16,22H,12H2,1H3/p+1. The molecular formula is C20H18N3O4+. The van der Waals surface area contributed by atoms with Crippen LogP contribution in [0.1, 0.15) is 41.3 Å². The smallest absolute Gasteiger partial charge is 0.467 e. The van der Waals surface area contributed by atoms with Crippen molar-refractivity contribution < 1.29 is 23.1 Å². The normalized spacial score (nSPS) is 16.3. The second-order valence-electron chi connectivity index (χ2n) is 6.22. The van der Waals surface area contributed by atoms with Crippen LogP contribution in [-0.4, -0.2) is 22.2 Å². The van der Waals surface area contributed by atoms with Crippen molar-refractivity contribution in [2.75, 3.05) is 5.32 Å². The molecule has 3 heterocycles. The van der Waals surface area contributed by atoms with Crippen molar-refractivity contribution in [3.8, 4) is 0 Å². The Hall–Kier alpha value is -3.61. The van der Waals surface area contributed by atoms with Gasteiger partial charge >= 0.3 is 5.91 Å². The van der Waals surface area contributed by atoms with E-state index in [1.165, 1.54) is 17.9 Å². The number of carbonyl (C=O) groups is 2. The van der Waals surface area contributed by atoms with Crippen LogP contribution in [0.15, 0.2) is 69.9 Å². The first-order chi connectivity index (χ1) is 13.1. The molecule has 7 nitrogen and oxygen atoms in total. The number of carbonyl (C=O) groups excluding carboxylic acids is 2. The lowest BCUT2D eigenvalue weighted by Crippen LogP contribution is -2.33. The summed E-state index contributed by atoms with van der Waals surface area (Å²) >= 11 is 0. The van der Waals surface area contributed by atoms with Crippen molar-refractivity contribution in [2.45, 2.75) is 19.4 Å². The minimum Gasteiger partial charge on any atom is -0.467 e. The number of hydrogen-bond donors (Lipinski definition) is 2. The molecule has 2 amide bonds. The van der Waals surface area contributed by atoms with Crippen LogP contribution in [0.5, 0.6) is 0 Å². The number of rotatable bonds is 4. The number of anilines is 1. The Labute approximate surface area is 155 Å². The number of hydrazone groups is 1. The fourth-order valence-corrected chi connectivity index (χ4v) is 3.11. The molecular weight excluding hydrogens is 346 g/mol. The van der Waals surface area contributed by atoms with Crippen LogP contribution in [0, 0.1) is 0 Å². The van der Waals surface area contributed by atoms with E-state index in [2.05, 4.69) is 10.7 Å². The van der Waals surface area contributed by atoms with Crippen LogP contribution >= 0.6 is 0 Å². The van der Waals surface area contributed by atoms with Gasteiger partial charge in [0.15, 0.2) is 0 Å². The summed E-state index contributed by atoms with van der Waals surface area (Å²) in [6.45, 7) is 1.46. The highest BCUT2D eigenvalue weighted by Crippen LogP contribution is 2.26. The highest BCUT2D eigenvalue weighted by Gasteiger charge is 2.40. The Morgan fingerprint density at radius 1 is 1.07 bits per heavy atom. The summed E-state index contributed by atoms with van der Waals surface area (Å²) in [7, 11) is 0. The maximum absolute atomic E-state index is 12.9. The van der Waals surface area contributed by atoms with Crippen LogP contribution in [-0.2, 0) is 4.79 Å². The molecule has 0 saturated carbocycles. The Kier molecular flexibility index (Phi) is 4.33. The molecule has 1 atom stereocenters. The number of nitrogens with one attached hydrogen (secondary N) is 2. The van der Waals surface area contributed by atoms with E-state index in [9.17, 15) is 9.59 Å². The number of hydrazine groups is 1. The Balaban J connectivity index is 1.69. The predicted molar refractivity (Wildman–Crippen MR) is 97.4 cm³/mol. The lowest BCUT2D eigenvalue weighted by Gasteiger charge is -2.03. The molecule has 1 aliphatic heterocycles. The van der Waals surface area contributed by atoms with E-state index < -0.39 is 0 Å². The Morgan fingerprint density at radius 3 is 2.44 bits per heavy atom. The van der Waals surface area contributed by atoms with E-state index in [0.717, 1.165) is 17.0 Å². The molecule has 0 radical (unpaired) electrons. The van der Waals surface area contributed by atoms with Crippen molar-refractivity contribution in [3.05, 3.63) is 78.1 Å². The van der Waals surface area contributed by atoms with Gasteiger partial charge in [-0.25, -0.2) is 4.79 Å². The zero-order valence-electron chi connectivity index (χ0n) is 14.6. The third-order valence-electron chi connectivity index (χ3n) is 4.31. The quantitative estimate of drug-likeness (QED) is 0.695. The highest BCUT2D eigenvalue weighted by atomic mass is 16.3. The van der Waals surface area contributed by atoms with Crippen LogP contribution in [0.3, 0.4) is 0 Å². The van der Waals surface area contributed by atoms with Crippen LogP contribution in [0.2, 0.25) is 0 Å². The van der Waals surface area contributed by atoms with Gasteiger partial charge in [-0.15, -0.1) is 0 Å². The third-order valence-corrected chi connectivity index (χ3v) is 4.31. The molecule has 4 rings (SSSR count). The summed E-state index contributed by atoms with van der Waals surface area (Å²) < 4.78 is 12.3. The minimum absolute atomic E-state index is 0.134. The molecule has 7 heteroatoms. The van der Waals surface area contributed by atoms with Gasteiger partial charge in [0.05, 0.1) is 18.9 Å². The van der Waals surface area contributed by atoms with Gasteiger partial charge in [-0.2, -0.15) is 5.43 Å². The van der Waals surface area contributed by atoms with Gasteiger partial charge in [-0.1, -0.05) is 0 Å². The third kappa shape index (κ3) is 3.39. The fraction of sp³-hybridized carbons (Fsp3) is 0.150. The maximum Gasteiger partial charge on any atom is 0.482 e. The molecule has 2 aromatic heterocycles. The molecule has 3 aromatic rings. The van der Waals surface area contributed by atoms with E-state index in [0.29, 0.717) is 12.1 Å². The Morgan fingerprint density at radius 2 is 1.81 bits per heavy atom. The van der Waals surface area contributed by atoms with Gasteiger partial charge in [0, 0.05) is 18.2 Å². The largest absolute Gasteiger partial charge is 0.482 e. The molecule has 0 bridgehead atoms. The monoisotopic (exact) mass is 364 g/mol. The van der Waals surface area contributed by atoms with Crippen LogP contribution < -0.4 is 10.7 Å². The van der Waals surface area contributed by atoms with Crippen LogP contribution in [0.25, 0.3) is 0 Å². The molecule has 27 heavy (non-hydrogen) atoms. The highest BCUT2D eigenvalue weighted by molar-refractivity contribution is 6.02. The zero-order chi connectivity index (χ0) is 18.8. The minimum atomic E-state index is -0.282. The van der Waals surface area contributed by atoms with Crippen molar-refractivity contribution in [1.82, 2.24) is 5.43 Å². The second-order valence-corrected chi connectivity index (χ2v) is 6.22. The summed E-state index contributed by atoms with van der Waals surface area (Å²) in [4.78, 5) is 24.1. The van der Waals surface area contributed by atoms with Crippen molar-refractivity contribution in [3.63, 3.8) is 0 Å². The first-order valence-corrected chi connectivity index (χ1v) is 8.53. The number of nitrogens with zero attached hydrogens (tertiary/aromatic N) is 1. The van der Waals surface area contributed by atoms with E-state index in [1.54, 1.807) is 30.5 Å². The molecule has 0 spiro atoms. The van der Waals surface area contributed by atoms with E-state index in [4.69, 9.17) is 8.83 Å². The number of hydrogen-bond acceptors (Lipinski definition) is 5. The number of amides is 2. The van der Waals surface area contributed by atoms with E-state index >= 15 is 0 Å².